The zero-order valence-electron chi connectivity index (χ0n) is 9.52. The summed E-state index contributed by atoms with van der Waals surface area (Å²) in [6, 6.07) is 11.2. The lowest BCUT2D eigenvalue weighted by Crippen LogP contribution is -2.03. The van der Waals surface area contributed by atoms with E-state index in [1.54, 1.807) is 0 Å². The largest absolute Gasteiger partial charge is 0.417 e. The molecule has 0 N–H and O–H groups in total. The predicted octanol–water partition coefficient (Wildman–Crippen LogP) is 2.83. The summed E-state index contributed by atoms with van der Waals surface area (Å²) in [5.74, 6) is 0. The highest BCUT2D eigenvalue weighted by Crippen LogP contribution is 2.00. The monoisotopic (exact) mass is 234 g/mol. The van der Waals surface area contributed by atoms with Crippen LogP contribution in [0, 0.1) is 0 Å². The number of allylic oxidation sites excluding steroid dienone is 1. The van der Waals surface area contributed by atoms with E-state index in [2.05, 4.69) is 18.7 Å². The fraction of sp³-hybridized carbons (Fsp3) is 0.385. The highest BCUT2D eigenvalue weighted by molar-refractivity contribution is 6.27. The second-order valence-electron chi connectivity index (χ2n) is 3.38. The third kappa shape index (κ3) is 6.56. The summed E-state index contributed by atoms with van der Waals surface area (Å²) < 4.78 is 10.9. The molecule has 0 unspecified atom stereocenters. The van der Waals surface area contributed by atoms with Crippen LogP contribution in [0.2, 0.25) is 6.04 Å². The van der Waals surface area contributed by atoms with Gasteiger partial charge < -0.3 is 9.16 Å². The molecule has 0 amide bonds. The minimum absolute atomic E-state index is 0.543. The van der Waals surface area contributed by atoms with Gasteiger partial charge in [-0.05, 0) is 18.0 Å². The molecule has 86 valence electrons. The van der Waals surface area contributed by atoms with Crippen molar-refractivity contribution in [2.24, 2.45) is 0 Å². The molecule has 2 nitrogen and oxygen atoms in total. The van der Waals surface area contributed by atoms with Crippen molar-refractivity contribution in [3.8, 4) is 0 Å². The Kier molecular flexibility index (Phi) is 7.68. The van der Waals surface area contributed by atoms with Crippen LogP contribution in [-0.4, -0.2) is 23.0 Å². The van der Waals surface area contributed by atoms with Gasteiger partial charge in [0.1, 0.15) is 0 Å². The molecular formula is C13H18O2Si. The van der Waals surface area contributed by atoms with Crippen LogP contribution < -0.4 is 0 Å². The van der Waals surface area contributed by atoms with E-state index in [1.807, 2.05) is 24.3 Å². The van der Waals surface area contributed by atoms with E-state index < -0.39 is 0 Å². The molecule has 0 aromatic heterocycles. The Morgan fingerprint density at radius 2 is 2.00 bits per heavy atom. The van der Waals surface area contributed by atoms with Gasteiger partial charge in [0.2, 0.25) is 9.76 Å². The molecule has 0 bridgehead atoms. The molecule has 0 aliphatic rings. The third-order valence-corrected chi connectivity index (χ3v) is 2.84. The molecule has 2 radical (unpaired) electrons. The molecule has 1 aromatic rings. The maximum absolute atomic E-state index is 5.53. The minimum Gasteiger partial charge on any atom is -0.417 e. The minimum atomic E-state index is 0.543. The predicted molar refractivity (Wildman–Crippen MR) is 67.4 cm³/mol. The highest BCUT2D eigenvalue weighted by Gasteiger charge is 1.93. The lowest BCUT2D eigenvalue weighted by atomic mass is 10.2. The van der Waals surface area contributed by atoms with Gasteiger partial charge in [0.25, 0.3) is 0 Å². The van der Waals surface area contributed by atoms with Crippen LogP contribution in [0.4, 0.5) is 0 Å². The van der Waals surface area contributed by atoms with E-state index in [0.717, 1.165) is 25.7 Å². The average Bonchev–Trinajstić information content (AvgIpc) is 2.34. The van der Waals surface area contributed by atoms with E-state index in [9.17, 15) is 0 Å². The summed E-state index contributed by atoms with van der Waals surface area (Å²) in [5, 5.41) is 0. The summed E-state index contributed by atoms with van der Waals surface area (Å²) in [4.78, 5) is 0. The molecule has 0 aliphatic heterocycles. The number of ether oxygens (including phenoxy) is 1. The molecule has 0 atom stereocenters. The molecule has 0 aliphatic carbocycles. The molecular weight excluding hydrogens is 216 g/mol. The molecule has 0 saturated carbocycles. The Bertz CT molecular complexity index is 275. The second kappa shape index (κ2) is 9.33. The van der Waals surface area contributed by atoms with Gasteiger partial charge in [-0.15, -0.1) is 6.58 Å². The van der Waals surface area contributed by atoms with Gasteiger partial charge in [-0.2, -0.15) is 0 Å². The van der Waals surface area contributed by atoms with Crippen molar-refractivity contribution in [2.45, 2.75) is 19.1 Å². The maximum atomic E-state index is 5.53. The Hall–Kier alpha value is -0.903. The van der Waals surface area contributed by atoms with Crippen molar-refractivity contribution in [1.29, 1.82) is 0 Å². The van der Waals surface area contributed by atoms with Crippen molar-refractivity contribution >= 4 is 9.76 Å². The average molecular weight is 234 g/mol. The number of rotatable bonds is 9. The van der Waals surface area contributed by atoms with Gasteiger partial charge >= 0.3 is 0 Å². The molecule has 1 rings (SSSR count). The molecule has 3 heteroatoms. The van der Waals surface area contributed by atoms with Crippen LogP contribution in [-0.2, 0) is 15.8 Å². The van der Waals surface area contributed by atoms with Crippen molar-refractivity contribution in [3.05, 3.63) is 48.6 Å². The van der Waals surface area contributed by atoms with Crippen LogP contribution in [0.15, 0.2) is 43.0 Å². The summed E-state index contributed by atoms with van der Waals surface area (Å²) >= 11 is 0. The summed E-state index contributed by atoms with van der Waals surface area (Å²) in [7, 11) is 0.543. The molecule has 0 fully saturated rings. The molecule has 0 spiro atoms. The second-order valence-corrected chi connectivity index (χ2v) is 4.36. The van der Waals surface area contributed by atoms with E-state index in [0.29, 0.717) is 16.4 Å². The Labute approximate surface area is 100 Å². The first-order chi connectivity index (χ1) is 7.93. The SMILES string of the molecule is C=CC[Si]OCCCOCc1ccccc1. The van der Waals surface area contributed by atoms with Crippen LogP contribution in [0.1, 0.15) is 12.0 Å². The fourth-order valence-corrected chi connectivity index (χ4v) is 1.71. The zero-order valence-corrected chi connectivity index (χ0v) is 10.5. The molecule has 1 aromatic carbocycles. The van der Waals surface area contributed by atoms with Crippen molar-refractivity contribution in [1.82, 2.24) is 0 Å². The Morgan fingerprint density at radius 1 is 1.19 bits per heavy atom. The van der Waals surface area contributed by atoms with Gasteiger partial charge in [-0.3, -0.25) is 0 Å². The Morgan fingerprint density at radius 3 is 2.75 bits per heavy atom. The van der Waals surface area contributed by atoms with Gasteiger partial charge in [0.05, 0.1) is 6.61 Å². The Balaban J connectivity index is 1.90. The topological polar surface area (TPSA) is 18.5 Å². The van der Waals surface area contributed by atoms with E-state index >= 15 is 0 Å². The molecule has 0 saturated heterocycles. The van der Waals surface area contributed by atoms with Crippen molar-refractivity contribution in [2.75, 3.05) is 13.2 Å². The van der Waals surface area contributed by atoms with Gasteiger partial charge in [-0.25, -0.2) is 0 Å². The van der Waals surface area contributed by atoms with E-state index in [-0.39, 0.29) is 0 Å². The number of benzene rings is 1. The lowest BCUT2D eigenvalue weighted by Gasteiger charge is -2.04. The number of hydrogen-bond acceptors (Lipinski definition) is 2. The quantitative estimate of drug-likeness (QED) is 0.371. The van der Waals surface area contributed by atoms with Gasteiger partial charge in [0, 0.05) is 13.2 Å². The first kappa shape index (κ1) is 13.2. The first-order valence-electron chi connectivity index (χ1n) is 5.50. The van der Waals surface area contributed by atoms with E-state index in [1.165, 1.54) is 5.56 Å². The maximum Gasteiger partial charge on any atom is 0.233 e. The molecule has 16 heavy (non-hydrogen) atoms. The fourth-order valence-electron chi connectivity index (χ4n) is 1.19. The van der Waals surface area contributed by atoms with Crippen LogP contribution in [0.5, 0.6) is 0 Å². The van der Waals surface area contributed by atoms with Crippen LogP contribution in [0.3, 0.4) is 0 Å². The van der Waals surface area contributed by atoms with Gasteiger partial charge in [0.15, 0.2) is 0 Å². The molecule has 0 heterocycles. The summed E-state index contributed by atoms with van der Waals surface area (Å²) in [5.41, 5.74) is 1.22. The standard InChI is InChI=1S/C13H18O2Si/c1-2-11-16-15-10-6-9-14-12-13-7-4-3-5-8-13/h2-5,7-8H,1,6,9-12H2. The smallest absolute Gasteiger partial charge is 0.233 e. The summed E-state index contributed by atoms with van der Waals surface area (Å²) in [6.07, 6.45) is 2.83. The number of hydrogen-bond donors (Lipinski definition) is 0. The first-order valence-corrected chi connectivity index (χ1v) is 6.62. The van der Waals surface area contributed by atoms with Crippen LogP contribution >= 0.6 is 0 Å². The van der Waals surface area contributed by atoms with Crippen molar-refractivity contribution in [3.63, 3.8) is 0 Å². The summed E-state index contributed by atoms with van der Waals surface area (Å²) in [6.45, 7) is 5.87. The zero-order chi connectivity index (χ0) is 11.5. The lowest BCUT2D eigenvalue weighted by molar-refractivity contribution is 0.108. The van der Waals surface area contributed by atoms with Crippen LogP contribution in [0.25, 0.3) is 0 Å². The third-order valence-electron chi connectivity index (χ3n) is 1.98. The van der Waals surface area contributed by atoms with Gasteiger partial charge in [-0.1, -0.05) is 36.4 Å². The van der Waals surface area contributed by atoms with Crippen molar-refractivity contribution < 1.29 is 9.16 Å². The normalized spacial score (nSPS) is 10.2. The van der Waals surface area contributed by atoms with E-state index in [4.69, 9.17) is 9.16 Å². The highest BCUT2D eigenvalue weighted by atomic mass is 28.2.